The summed E-state index contributed by atoms with van der Waals surface area (Å²) in [5, 5.41) is 7.64. The van der Waals surface area contributed by atoms with Gasteiger partial charge in [0.1, 0.15) is 6.04 Å². The third-order valence-electron chi connectivity index (χ3n) is 5.34. The van der Waals surface area contributed by atoms with Gasteiger partial charge in [0.15, 0.2) is 18.1 Å². The minimum atomic E-state index is -0.932. The summed E-state index contributed by atoms with van der Waals surface area (Å²) in [6.07, 6.45) is 2.79. The molecule has 1 heterocycles. The lowest BCUT2D eigenvalue weighted by molar-refractivity contribution is -0.145. The molecular formula is C27H31IN4O7. The number of rotatable bonds is 13. The van der Waals surface area contributed by atoms with Gasteiger partial charge in [-0.25, -0.2) is 15.0 Å². The zero-order chi connectivity index (χ0) is 28.2. The summed E-state index contributed by atoms with van der Waals surface area (Å²) in [6.45, 7) is 5.79. The van der Waals surface area contributed by atoms with Crippen LogP contribution in [0.5, 0.6) is 11.5 Å². The van der Waals surface area contributed by atoms with Gasteiger partial charge in [-0.2, -0.15) is 5.10 Å². The molecule has 11 nitrogen and oxygen atoms in total. The lowest BCUT2D eigenvalue weighted by Gasteiger charge is -2.16. The standard InChI is InChI=1S/C27H31IN4O7/c1-4-36-23-12-17(11-20(28)25(23)39-16-24(33)37-5-2)14-30-32-26(34)22(31-27(35)38-6-3)13-18-15-29-21-10-8-7-9-19(18)21/h7-12,14-15,22,29H,4-6,13,16H2,1-3H3,(H,31,35)(H,32,34)/b30-14-/t22-/m1/s1. The van der Waals surface area contributed by atoms with Gasteiger partial charge in [-0.15, -0.1) is 0 Å². The Labute approximate surface area is 239 Å². The topological polar surface area (TPSA) is 140 Å². The molecule has 3 aromatic rings. The first-order valence-electron chi connectivity index (χ1n) is 12.4. The highest BCUT2D eigenvalue weighted by Gasteiger charge is 2.23. The molecule has 3 N–H and O–H groups in total. The number of aromatic amines is 1. The highest BCUT2D eigenvalue weighted by molar-refractivity contribution is 14.1. The SMILES string of the molecule is CCOC(=O)COc1c(I)cc(/C=N\NC(=O)[C@@H](Cc2c[nH]c3ccccc23)NC(=O)OCC)cc1OCC. The average molecular weight is 650 g/mol. The summed E-state index contributed by atoms with van der Waals surface area (Å²) in [6, 6.07) is 10.2. The van der Waals surface area contributed by atoms with E-state index >= 15 is 0 Å². The molecule has 0 fully saturated rings. The normalized spacial score (nSPS) is 11.7. The van der Waals surface area contributed by atoms with E-state index in [2.05, 4.69) is 43.4 Å². The van der Waals surface area contributed by atoms with Crippen molar-refractivity contribution in [3.63, 3.8) is 0 Å². The number of halogens is 1. The smallest absolute Gasteiger partial charge is 0.407 e. The molecule has 208 valence electrons. The Bertz CT molecular complexity index is 1320. The minimum absolute atomic E-state index is 0.172. The third kappa shape index (κ3) is 8.60. The summed E-state index contributed by atoms with van der Waals surface area (Å²) >= 11 is 2.06. The van der Waals surface area contributed by atoms with Crippen LogP contribution < -0.4 is 20.2 Å². The van der Waals surface area contributed by atoms with E-state index in [1.165, 1.54) is 6.21 Å². The Morgan fingerprint density at radius 1 is 1.05 bits per heavy atom. The zero-order valence-corrected chi connectivity index (χ0v) is 24.1. The second kappa shape index (κ2) is 15.0. The molecule has 39 heavy (non-hydrogen) atoms. The second-order valence-electron chi connectivity index (χ2n) is 8.07. The number of hydrazone groups is 1. The molecule has 12 heteroatoms. The van der Waals surface area contributed by atoms with Crippen molar-refractivity contribution in [3.05, 3.63) is 57.3 Å². The molecule has 0 saturated heterocycles. The molecule has 0 bridgehead atoms. The van der Waals surface area contributed by atoms with Crippen LogP contribution in [0, 0.1) is 3.57 Å². The largest absolute Gasteiger partial charge is 0.490 e. The molecule has 0 aliphatic rings. The second-order valence-corrected chi connectivity index (χ2v) is 9.23. The lowest BCUT2D eigenvalue weighted by atomic mass is 10.0. The summed E-state index contributed by atoms with van der Waals surface area (Å²) in [5.41, 5.74) is 4.90. The maximum absolute atomic E-state index is 13.0. The van der Waals surface area contributed by atoms with E-state index in [-0.39, 0.29) is 26.2 Å². The van der Waals surface area contributed by atoms with Crippen molar-refractivity contribution in [1.82, 2.24) is 15.7 Å². The molecule has 3 rings (SSSR count). The predicted molar refractivity (Wildman–Crippen MR) is 154 cm³/mol. The maximum atomic E-state index is 13.0. The highest BCUT2D eigenvalue weighted by atomic mass is 127. The first-order chi connectivity index (χ1) is 18.9. The van der Waals surface area contributed by atoms with E-state index in [9.17, 15) is 14.4 Å². The first kappa shape index (κ1) is 29.7. The summed E-state index contributed by atoms with van der Waals surface area (Å²) < 4.78 is 21.9. The molecule has 0 radical (unpaired) electrons. The van der Waals surface area contributed by atoms with Crippen LogP contribution in [0.2, 0.25) is 0 Å². The van der Waals surface area contributed by atoms with E-state index in [1.807, 2.05) is 37.4 Å². The van der Waals surface area contributed by atoms with Crippen LogP contribution >= 0.6 is 22.6 Å². The number of hydrogen-bond acceptors (Lipinski definition) is 8. The summed E-state index contributed by atoms with van der Waals surface area (Å²) in [4.78, 5) is 40.0. The van der Waals surface area contributed by atoms with Crippen LogP contribution in [-0.4, -0.2) is 61.6 Å². The molecule has 2 aromatic carbocycles. The van der Waals surface area contributed by atoms with Crippen LogP contribution in [0.15, 0.2) is 47.7 Å². The number of nitrogens with one attached hydrogen (secondary N) is 3. The highest BCUT2D eigenvalue weighted by Crippen LogP contribution is 2.34. The van der Waals surface area contributed by atoms with Crippen molar-refractivity contribution >= 4 is 57.7 Å². The Morgan fingerprint density at radius 3 is 2.56 bits per heavy atom. The predicted octanol–water partition coefficient (Wildman–Crippen LogP) is 3.92. The van der Waals surface area contributed by atoms with E-state index < -0.39 is 24.0 Å². The monoisotopic (exact) mass is 650 g/mol. The summed E-state index contributed by atoms with van der Waals surface area (Å²) in [5.74, 6) is -0.173. The van der Waals surface area contributed by atoms with E-state index in [4.69, 9.17) is 18.9 Å². The Balaban J connectivity index is 1.74. The molecule has 0 aliphatic carbocycles. The van der Waals surface area contributed by atoms with Gasteiger partial charge in [0, 0.05) is 23.5 Å². The number of esters is 1. The third-order valence-corrected chi connectivity index (χ3v) is 6.14. The van der Waals surface area contributed by atoms with Gasteiger partial charge in [0.2, 0.25) is 0 Å². The van der Waals surface area contributed by atoms with Crippen molar-refractivity contribution in [2.45, 2.75) is 33.2 Å². The number of benzene rings is 2. The van der Waals surface area contributed by atoms with E-state index in [1.54, 1.807) is 26.0 Å². The van der Waals surface area contributed by atoms with Crippen LogP contribution in [0.1, 0.15) is 31.9 Å². The number of carbonyl (C=O) groups excluding carboxylic acids is 3. The fraction of sp³-hybridized carbons (Fsp3) is 0.333. The molecule has 2 amide bonds. The summed E-state index contributed by atoms with van der Waals surface area (Å²) in [7, 11) is 0. The molecule has 0 aliphatic heterocycles. The van der Waals surface area contributed by atoms with Gasteiger partial charge in [-0.1, -0.05) is 18.2 Å². The number of carbonyl (C=O) groups is 3. The van der Waals surface area contributed by atoms with Gasteiger partial charge < -0.3 is 29.2 Å². The van der Waals surface area contributed by atoms with Crippen molar-refractivity contribution < 1.29 is 33.3 Å². The van der Waals surface area contributed by atoms with Gasteiger partial charge in [0.25, 0.3) is 5.91 Å². The number of para-hydroxylation sites is 1. The van der Waals surface area contributed by atoms with E-state index in [0.717, 1.165) is 16.5 Å². The van der Waals surface area contributed by atoms with Crippen molar-refractivity contribution in [1.29, 1.82) is 0 Å². The van der Waals surface area contributed by atoms with Crippen LogP contribution in [-0.2, 0) is 25.5 Å². The fourth-order valence-electron chi connectivity index (χ4n) is 3.69. The van der Waals surface area contributed by atoms with Gasteiger partial charge in [0.05, 0.1) is 29.6 Å². The maximum Gasteiger partial charge on any atom is 0.407 e. The van der Waals surface area contributed by atoms with E-state index in [0.29, 0.717) is 27.2 Å². The Morgan fingerprint density at radius 2 is 1.82 bits per heavy atom. The number of aromatic nitrogens is 1. The Hall–Kier alpha value is -3.81. The minimum Gasteiger partial charge on any atom is -0.490 e. The van der Waals surface area contributed by atoms with Crippen LogP contribution in [0.4, 0.5) is 4.79 Å². The van der Waals surface area contributed by atoms with Crippen LogP contribution in [0.3, 0.4) is 0 Å². The lowest BCUT2D eigenvalue weighted by Crippen LogP contribution is -2.47. The molecular weight excluding hydrogens is 619 g/mol. The zero-order valence-electron chi connectivity index (χ0n) is 21.9. The average Bonchev–Trinajstić information content (AvgIpc) is 3.31. The van der Waals surface area contributed by atoms with Gasteiger partial charge in [-0.3, -0.25) is 4.79 Å². The number of ether oxygens (including phenoxy) is 4. The quantitative estimate of drug-likeness (QED) is 0.110. The molecule has 0 spiro atoms. The fourth-order valence-corrected chi connectivity index (χ4v) is 4.47. The van der Waals surface area contributed by atoms with Gasteiger partial charge in [-0.05, 0) is 72.7 Å². The first-order valence-corrected chi connectivity index (χ1v) is 13.5. The number of amides is 2. The number of alkyl carbamates (subject to hydrolysis) is 1. The number of hydrogen-bond donors (Lipinski definition) is 3. The molecule has 1 aromatic heterocycles. The molecule has 0 saturated carbocycles. The molecule has 0 unspecified atom stereocenters. The number of H-pyrrole nitrogens is 1. The molecule has 1 atom stereocenters. The Kier molecular flexibility index (Phi) is 11.4. The van der Waals surface area contributed by atoms with Crippen molar-refractivity contribution in [3.8, 4) is 11.5 Å². The van der Waals surface area contributed by atoms with Crippen molar-refractivity contribution in [2.75, 3.05) is 26.4 Å². The number of nitrogens with zero attached hydrogens (tertiary/aromatic N) is 1. The van der Waals surface area contributed by atoms with Gasteiger partial charge >= 0.3 is 12.1 Å². The van der Waals surface area contributed by atoms with Crippen LogP contribution in [0.25, 0.3) is 10.9 Å². The van der Waals surface area contributed by atoms with Crippen molar-refractivity contribution in [2.24, 2.45) is 5.10 Å². The number of fused-ring (bicyclic) bond motifs is 1.